The van der Waals surface area contributed by atoms with Gasteiger partial charge in [0.15, 0.2) is 0 Å². The monoisotopic (exact) mass is 361 g/mol. The van der Waals surface area contributed by atoms with Crippen LogP contribution in [0.25, 0.3) is 0 Å². The number of ether oxygens (including phenoxy) is 1. The zero-order valence-corrected chi connectivity index (χ0v) is 13.7. The van der Waals surface area contributed by atoms with Crippen molar-refractivity contribution >= 4 is 22.6 Å². The lowest BCUT2D eigenvalue weighted by atomic mass is 9.98. The van der Waals surface area contributed by atoms with Crippen LogP contribution in [0.3, 0.4) is 0 Å². The van der Waals surface area contributed by atoms with E-state index in [0.29, 0.717) is 12.1 Å². The molecule has 2 atom stereocenters. The van der Waals surface area contributed by atoms with Crippen LogP contribution >= 0.6 is 22.6 Å². The van der Waals surface area contributed by atoms with Crippen molar-refractivity contribution in [2.75, 3.05) is 13.7 Å². The van der Waals surface area contributed by atoms with Gasteiger partial charge in [-0.2, -0.15) is 0 Å². The zero-order chi connectivity index (χ0) is 13.4. The first-order chi connectivity index (χ1) is 8.71. The van der Waals surface area contributed by atoms with E-state index in [1.807, 2.05) is 7.11 Å². The summed E-state index contributed by atoms with van der Waals surface area (Å²) in [5, 5.41) is 3.55. The van der Waals surface area contributed by atoms with Gasteiger partial charge >= 0.3 is 0 Å². The molecule has 0 heterocycles. The van der Waals surface area contributed by atoms with Gasteiger partial charge < -0.3 is 10.1 Å². The number of hydrogen-bond donors (Lipinski definition) is 1. The number of rotatable bonds is 8. The highest BCUT2D eigenvalue weighted by Gasteiger charge is 2.19. The molecule has 0 aliphatic rings. The van der Waals surface area contributed by atoms with Gasteiger partial charge in [0.2, 0.25) is 0 Å². The van der Waals surface area contributed by atoms with Crippen molar-refractivity contribution in [2.24, 2.45) is 0 Å². The Morgan fingerprint density at radius 2 is 1.89 bits per heavy atom. The van der Waals surface area contributed by atoms with E-state index in [0.717, 1.165) is 25.8 Å². The normalized spacial score (nSPS) is 14.4. The standard InChI is InChI=1S/C15H24INO/c1-4-6-15(18-3)14(17-5-2)11-12-7-9-13(16)10-8-12/h7-10,14-15,17H,4-6,11H2,1-3H3. The smallest absolute Gasteiger partial charge is 0.0727 e. The Hall–Kier alpha value is -0.130. The van der Waals surface area contributed by atoms with Gasteiger partial charge in [0, 0.05) is 16.7 Å². The van der Waals surface area contributed by atoms with Gasteiger partial charge in [0.05, 0.1) is 6.10 Å². The van der Waals surface area contributed by atoms with Crippen LogP contribution in [-0.2, 0) is 11.2 Å². The quantitative estimate of drug-likeness (QED) is 0.714. The van der Waals surface area contributed by atoms with Crippen LogP contribution in [0.15, 0.2) is 24.3 Å². The minimum Gasteiger partial charge on any atom is -0.380 e. The summed E-state index contributed by atoms with van der Waals surface area (Å²) in [5.74, 6) is 0. The lowest BCUT2D eigenvalue weighted by Gasteiger charge is -2.26. The Morgan fingerprint density at radius 1 is 1.22 bits per heavy atom. The molecule has 1 aromatic rings. The molecule has 0 aromatic heterocycles. The molecule has 2 unspecified atom stereocenters. The second-order valence-corrected chi connectivity index (χ2v) is 5.80. The first-order valence-corrected chi connectivity index (χ1v) is 7.79. The minimum absolute atomic E-state index is 0.300. The summed E-state index contributed by atoms with van der Waals surface area (Å²) in [7, 11) is 1.82. The van der Waals surface area contributed by atoms with Crippen molar-refractivity contribution in [2.45, 2.75) is 45.3 Å². The summed E-state index contributed by atoms with van der Waals surface area (Å²) in [5.41, 5.74) is 1.37. The number of halogens is 1. The van der Waals surface area contributed by atoms with Gasteiger partial charge in [-0.25, -0.2) is 0 Å². The van der Waals surface area contributed by atoms with Crippen molar-refractivity contribution in [1.82, 2.24) is 5.32 Å². The van der Waals surface area contributed by atoms with Gasteiger partial charge in [0.25, 0.3) is 0 Å². The van der Waals surface area contributed by atoms with Crippen molar-refractivity contribution in [3.8, 4) is 0 Å². The predicted octanol–water partition coefficient (Wildman–Crippen LogP) is 3.63. The van der Waals surface area contributed by atoms with Crippen molar-refractivity contribution in [3.05, 3.63) is 33.4 Å². The Kier molecular flexibility index (Phi) is 7.86. The van der Waals surface area contributed by atoms with Crippen molar-refractivity contribution in [3.63, 3.8) is 0 Å². The molecule has 18 heavy (non-hydrogen) atoms. The largest absolute Gasteiger partial charge is 0.380 e. The molecular weight excluding hydrogens is 337 g/mol. The molecule has 102 valence electrons. The predicted molar refractivity (Wildman–Crippen MR) is 86.0 cm³/mol. The molecule has 1 N–H and O–H groups in total. The van der Waals surface area contributed by atoms with Gasteiger partial charge in [0.1, 0.15) is 0 Å². The fraction of sp³-hybridized carbons (Fsp3) is 0.600. The van der Waals surface area contributed by atoms with Gasteiger partial charge in [-0.3, -0.25) is 0 Å². The highest BCUT2D eigenvalue weighted by Crippen LogP contribution is 2.14. The Balaban J connectivity index is 2.68. The van der Waals surface area contributed by atoms with Crippen LogP contribution in [0.1, 0.15) is 32.3 Å². The molecule has 2 nitrogen and oxygen atoms in total. The molecule has 1 rings (SSSR count). The molecule has 1 aromatic carbocycles. The van der Waals surface area contributed by atoms with Crippen LogP contribution in [0.4, 0.5) is 0 Å². The maximum atomic E-state index is 5.64. The lowest BCUT2D eigenvalue weighted by Crippen LogP contribution is -2.42. The molecule has 0 fully saturated rings. The van der Waals surface area contributed by atoms with Crippen LogP contribution in [0.2, 0.25) is 0 Å². The van der Waals surface area contributed by atoms with E-state index >= 15 is 0 Å². The lowest BCUT2D eigenvalue weighted by molar-refractivity contribution is 0.0614. The summed E-state index contributed by atoms with van der Waals surface area (Å²) in [4.78, 5) is 0. The molecule has 0 aliphatic heterocycles. The fourth-order valence-corrected chi connectivity index (χ4v) is 2.60. The molecule has 0 bridgehead atoms. The molecule has 3 heteroatoms. The molecule has 0 saturated carbocycles. The van der Waals surface area contributed by atoms with E-state index in [-0.39, 0.29) is 0 Å². The van der Waals surface area contributed by atoms with Crippen LogP contribution < -0.4 is 5.32 Å². The molecule has 0 aliphatic carbocycles. The van der Waals surface area contributed by atoms with E-state index in [4.69, 9.17) is 4.74 Å². The number of benzene rings is 1. The zero-order valence-electron chi connectivity index (χ0n) is 11.6. The highest BCUT2D eigenvalue weighted by molar-refractivity contribution is 14.1. The molecular formula is C15H24INO. The third kappa shape index (κ3) is 5.24. The van der Waals surface area contributed by atoms with Gasteiger partial charge in [-0.1, -0.05) is 32.4 Å². The molecule has 0 amide bonds. The van der Waals surface area contributed by atoms with Crippen LogP contribution in [0.5, 0.6) is 0 Å². The summed E-state index contributed by atoms with van der Waals surface area (Å²) in [6, 6.07) is 9.16. The van der Waals surface area contributed by atoms with Gasteiger partial charge in [-0.15, -0.1) is 0 Å². The van der Waals surface area contributed by atoms with E-state index in [2.05, 4.69) is 66.0 Å². The summed E-state index contributed by atoms with van der Waals surface area (Å²) in [6.45, 7) is 5.35. The Morgan fingerprint density at radius 3 is 2.39 bits per heavy atom. The van der Waals surface area contributed by atoms with E-state index in [1.54, 1.807) is 0 Å². The Bertz CT molecular complexity index is 326. The van der Waals surface area contributed by atoms with Crippen LogP contribution in [0, 0.1) is 3.57 Å². The Labute approximate surface area is 125 Å². The van der Waals surface area contributed by atoms with E-state index in [9.17, 15) is 0 Å². The van der Waals surface area contributed by atoms with Crippen molar-refractivity contribution < 1.29 is 4.74 Å². The van der Waals surface area contributed by atoms with Crippen LogP contribution in [-0.4, -0.2) is 25.8 Å². The van der Waals surface area contributed by atoms with E-state index in [1.165, 1.54) is 9.13 Å². The first-order valence-electron chi connectivity index (χ1n) is 6.71. The second kappa shape index (κ2) is 8.88. The van der Waals surface area contributed by atoms with E-state index < -0.39 is 0 Å². The minimum atomic E-state index is 0.300. The topological polar surface area (TPSA) is 21.3 Å². The summed E-state index contributed by atoms with van der Waals surface area (Å²) >= 11 is 2.34. The maximum Gasteiger partial charge on any atom is 0.0727 e. The third-order valence-electron chi connectivity index (χ3n) is 3.16. The second-order valence-electron chi connectivity index (χ2n) is 4.56. The molecule has 0 spiro atoms. The van der Waals surface area contributed by atoms with Crippen molar-refractivity contribution in [1.29, 1.82) is 0 Å². The highest BCUT2D eigenvalue weighted by atomic mass is 127. The number of hydrogen-bond acceptors (Lipinski definition) is 2. The number of nitrogens with one attached hydrogen (secondary N) is 1. The SMILES string of the molecule is CCCC(OC)C(Cc1ccc(I)cc1)NCC. The third-order valence-corrected chi connectivity index (χ3v) is 3.88. The number of methoxy groups -OCH3 is 1. The average Bonchev–Trinajstić information content (AvgIpc) is 2.38. The maximum absolute atomic E-state index is 5.64. The number of likely N-dealkylation sites (N-methyl/N-ethyl adjacent to an activating group) is 1. The molecule has 0 radical (unpaired) electrons. The summed E-state index contributed by atoms with van der Waals surface area (Å²) in [6.07, 6.45) is 3.60. The average molecular weight is 361 g/mol. The summed E-state index contributed by atoms with van der Waals surface area (Å²) < 4.78 is 6.92. The fourth-order valence-electron chi connectivity index (χ4n) is 2.24. The van der Waals surface area contributed by atoms with Gasteiger partial charge in [-0.05, 0) is 59.7 Å². The molecule has 0 saturated heterocycles. The first kappa shape index (κ1) is 15.9.